The molecule has 0 rings (SSSR count). The van der Waals surface area contributed by atoms with E-state index in [0.717, 1.165) is 25.9 Å². The molecule has 2 nitrogen and oxygen atoms in total. The summed E-state index contributed by atoms with van der Waals surface area (Å²) in [6, 6.07) is 0. The lowest BCUT2D eigenvalue weighted by Crippen LogP contribution is -2.43. The van der Waals surface area contributed by atoms with Gasteiger partial charge in [0.15, 0.2) is 0 Å². The molecule has 1 atom stereocenters. The molecule has 3 N–H and O–H groups in total. The van der Waals surface area contributed by atoms with E-state index in [1.54, 1.807) is 0 Å². The summed E-state index contributed by atoms with van der Waals surface area (Å²) in [4.78, 5) is 0. The number of nitrogens with two attached hydrogens (primary N) is 1. The summed E-state index contributed by atoms with van der Waals surface area (Å²) in [5, 5.41) is 3.43. The Balaban J connectivity index is 3.69. The number of nitrogens with one attached hydrogen (secondary N) is 1. The third-order valence-electron chi connectivity index (χ3n) is 2.08. The summed E-state index contributed by atoms with van der Waals surface area (Å²) in [6.45, 7) is 8.35. The molecular formula is C8H20N2. The maximum absolute atomic E-state index is 5.48. The lowest BCUT2D eigenvalue weighted by Gasteiger charge is -2.28. The van der Waals surface area contributed by atoms with Crippen LogP contribution < -0.4 is 11.1 Å². The van der Waals surface area contributed by atoms with Crippen LogP contribution in [0.2, 0.25) is 0 Å². The van der Waals surface area contributed by atoms with Crippen LogP contribution in [-0.4, -0.2) is 18.6 Å². The maximum atomic E-state index is 5.48. The van der Waals surface area contributed by atoms with Crippen molar-refractivity contribution in [3.63, 3.8) is 0 Å². The highest BCUT2D eigenvalue weighted by Crippen LogP contribution is 2.12. The molecule has 0 fully saturated rings. The van der Waals surface area contributed by atoms with Crippen LogP contribution in [0.1, 0.15) is 33.6 Å². The van der Waals surface area contributed by atoms with Crippen LogP contribution in [-0.2, 0) is 0 Å². The van der Waals surface area contributed by atoms with Crippen LogP contribution >= 0.6 is 0 Å². The maximum Gasteiger partial charge on any atom is 0.0162 e. The highest BCUT2D eigenvalue weighted by atomic mass is 15.0. The Kier molecular flexibility index (Phi) is 4.65. The van der Waals surface area contributed by atoms with Gasteiger partial charge in [0.2, 0.25) is 0 Å². The minimum Gasteiger partial charge on any atom is -0.330 e. The van der Waals surface area contributed by atoms with Crippen LogP contribution in [0.25, 0.3) is 0 Å². The highest BCUT2D eigenvalue weighted by molar-refractivity contribution is 4.80. The van der Waals surface area contributed by atoms with Gasteiger partial charge in [-0.05, 0) is 32.9 Å². The molecule has 0 spiro atoms. The van der Waals surface area contributed by atoms with Gasteiger partial charge >= 0.3 is 0 Å². The third kappa shape index (κ3) is 3.18. The van der Waals surface area contributed by atoms with Crippen molar-refractivity contribution >= 4 is 0 Å². The molecule has 1 unspecified atom stereocenters. The lowest BCUT2D eigenvalue weighted by molar-refractivity contribution is 0.332. The fraction of sp³-hybridized carbons (Fsp3) is 1.00. The highest BCUT2D eigenvalue weighted by Gasteiger charge is 2.18. The fourth-order valence-electron chi connectivity index (χ4n) is 1.14. The molecule has 0 radical (unpaired) electrons. The topological polar surface area (TPSA) is 38.0 Å². The van der Waals surface area contributed by atoms with E-state index in [2.05, 4.69) is 26.1 Å². The van der Waals surface area contributed by atoms with E-state index in [9.17, 15) is 0 Å². The Hall–Kier alpha value is -0.0800. The second kappa shape index (κ2) is 4.69. The van der Waals surface area contributed by atoms with Crippen molar-refractivity contribution in [3.05, 3.63) is 0 Å². The second-order valence-electron chi connectivity index (χ2n) is 2.98. The molecule has 0 heterocycles. The molecule has 0 aliphatic rings. The van der Waals surface area contributed by atoms with Crippen molar-refractivity contribution < 1.29 is 0 Å². The van der Waals surface area contributed by atoms with Gasteiger partial charge in [-0.15, -0.1) is 0 Å². The molecule has 0 aliphatic carbocycles. The van der Waals surface area contributed by atoms with Crippen LogP contribution in [0.15, 0.2) is 0 Å². The predicted octanol–water partition coefficient (Wildman–Crippen LogP) is 1.11. The number of rotatable bonds is 5. The van der Waals surface area contributed by atoms with Gasteiger partial charge in [-0.3, -0.25) is 0 Å². The van der Waals surface area contributed by atoms with Crippen LogP contribution in [0.3, 0.4) is 0 Å². The van der Waals surface area contributed by atoms with E-state index in [4.69, 9.17) is 5.73 Å². The SMILES string of the molecule is CCNC(C)(CC)CCN. The number of hydrogen-bond acceptors (Lipinski definition) is 2. The Bertz CT molecular complexity index is 75.3. The molecule has 0 amide bonds. The van der Waals surface area contributed by atoms with E-state index < -0.39 is 0 Å². The molecule has 0 aliphatic heterocycles. The summed E-state index contributed by atoms with van der Waals surface area (Å²) >= 11 is 0. The smallest absolute Gasteiger partial charge is 0.0162 e. The average molecular weight is 144 g/mol. The van der Waals surface area contributed by atoms with Gasteiger partial charge in [0, 0.05) is 5.54 Å². The molecule has 0 aromatic heterocycles. The van der Waals surface area contributed by atoms with Gasteiger partial charge in [0.1, 0.15) is 0 Å². The first-order chi connectivity index (χ1) is 4.68. The van der Waals surface area contributed by atoms with E-state index in [0.29, 0.717) is 0 Å². The summed E-state index contributed by atoms with van der Waals surface area (Å²) in [7, 11) is 0. The van der Waals surface area contributed by atoms with Crippen LogP contribution in [0, 0.1) is 0 Å². The Morgan fingerprint density at radius 2 is 2.00 bits per heavy atom. The summed E-state index contributed by atoms with van der Waals surface area (Å²) in [5.74, 6) is 0. The molecular weight excluding hydrogens is 124 g/mol. The van der Waals surface area contributed by atoms with Gasteiger partial charge < -0.3 is 11.1 Å². The molecule has 0 aromatic rings. The van der Waals surface area contributed by atoms with Gasteiger partial charge in [0.25, 0.3) is 0 Å². The van der Waals surface area contributed by atoms with Gasteiger partial charge in [0.05, 0.1) is 0 Å². The molecule has 0 aromatic carbocycles. The van der Waals surface area contributed by atoms with Crippen molar-refractivity contribution in [1.29, 1.82) is 0 Å². The monoisotopic (exact) mass is 144 g/mol. The van der Waals surface area contributed by atoms with E-state index in [-0.39, 0.29) is 5.54 Å². The van der Waals surface area contributed by atoms with Gasteiger partial charge in [-0.25, -0.2) is 0 Å². The zero-order valence-electron chi connectivity index (χ0n) is 7.41. The third-order valence-corrected chi connectivity index (χ3v) is 2.08. The van der Waals surface area contributed by atoms with Crippen molar-refractivity contribution in [2.75, 3.05) is 13.1 Å². The molecule has 2 heteroatoms. The average Bonchev–Trinajstić information content (AvgIpc) is 1.89. The standard InChI is InChI=1S/C8H20N2/c1-4-8(3,6-7-9)10-5-2/h10H,4-7,9H2,1-3H3. The summed E-state index contributed by atoms with van der Waals surface area (Å²) < 4.78 is 0. The zero-order chi connectivity index (χ0) is 8.04. The number of hydrogen-bond donors (Lipinski definition) is 2. The minimum absolute atomic E-state index is 0.267. The minimum atomic E-state index is 0.267. The lowest BCUT2D eigenvalue weighted by atomic mass is 9.95. The first kappa shape index (κ1) is 9.92. The Morgan fingerprint density at radius 3 is 2.30 bits per heavy atom. The molecule has 62 valence electrons. The summed E-state index contributed by atoms with van der Waals surface area (Å²) in [5.41, 5.74) is 5.75. The molecule has 0 saturated heterocycles. The molecule has 0 saturated carbocycles. The fourth-order valence-corrected chi connectivity index (χ4v) is 1.14. The van der Waals surface area contributed by atoms with E-state index in [1.807, 2.05) is 0 Å². The quantitative estimate of drug-likeness (QED) is 0.606. The Labute approximate surface area is 64.2 Å². The van der Waals surface area contributed by atoms with Crippen molar-refractivity contribution in [2.24, 2.45) is 5.73 Å². The van der Waals surface area contributed by atoms with Crippen LogP contribution in [0.4, 0.5) is 0 Å². The predicted molar refractivity (Wildman–Crippen MR) is 46.0 cm³/mol. The van der Waals surface area contributed by atoms with Gasteiger partial charge in [-0.2, -0.15) is 0 Å². The first-order valence-corrected chi connectivity index (χ1v) is 4.13. The molecule has 0 bridgehead atoms. The zero-order valence-corrected chi connectivity index (χ0v) is 7.41. The Morgan fingerprint density at radius 1 is 1.40 bits per heavy atom. The molecule has 10 heavy (non-hydrogen) atoms. The van der Waals surface area contributed by atoms with Crippen LogP contribution in [0.5, 0.6) is 0 Å². The summed E-state index contributed by atoms with van der Waals surface area (Å²) in [6.07, 6.45) is 2.22. The van der Waals surface area contributed by atoms with Crippen molar-refractivity contribution in [3.8, 4) is 0 Å². The van der Waals surface area contributed by atoms with Gasteiger partial charge in [-0.1, -0.05) is 13.8 Å². The largest absolute Gasteiger partial charge is 0.330 e. The van der Waals surface area contributed by atoms with Crippen molar-refractivity contribution in [2.45, 2.75) is 39.2 Å². The van der Waals surface area contributed by atoms with Crippen molar-refractivity contribution in [1.82, 2.24) is 5.32 Å². The van der Waals surface area contributed by atoms with E-state index in [1.165, 1.54) is 0 Å². The first-order valence-electron chi connectivity index (χ1n) is 4.13. The van der Waals surface area contributed by atoms with E-state index >= 15 is 0 Å². The second-order valence-corrected chi connectivity index (χ2v) is 2.98. The normalized spacial score (nSPS) is 16.8.